The summed E-state index contributed by atoms with van der Waals surface area (Å²) in [6.45, 7) is 2.19. The fourth-order valence-corrected chi connectivity index (χ4v) is 3.22. The van der Waals surface area contributed by atoms with Crippen LogP contribution in [-0.4, -0.2) is 14.5 Å². The molecule has 0 aliphatic heterocycles. The van der Waals surface area contributed by atoms with Gasteiger partial charge in [-0.25, -0.2) is 0 Å². The van der Waals surface area contributed by atoms with E-state index in [0.29, 0.717) is 14.5 Å². The average Bonchev–Trinajstić information content (AvgIpc) is 2.53. The van der Waals surface area contributed by atoms with E-state index in [4.69, 9.17) is 0 Å². The summed E-state index contributed by atoms with van der Waals surface area (Å²) < 4.78 is 1.53. The molecule has 0 amide bonds. The Bertz CT molecular complexity index is 360. The number of benzene rings is 1. The van der Waals surface area contributed by atoms with Gasteiger partial charge in [0, 0.05) is 0 Å². The van der Waals surface area contributed by atoms with Gasteiger partial charge in [-0.05, 0) is 0 Å². The first kappa shape index (κ1) is 7.85. The van der Waals surface area contributed by atoms with Crippen molar-refractivity contribution in [2.75, 3.05) is 0 Å². The molecule has 12 heavy (non-hydrogen) atoms. The molecule has 0 spiro atoms. The van der Waals surface area contributed by atoms with E-state index in [2.05, 4.69) is 48.3 Å². The molecule has 1 heteroatoms. The van der Waals surface area contributed by atoms with Crippen molar-refractivity contribution in [3.63, 3.8) is 0 Å². The van der Waals surface area contributed by atoms with Crippen molar-refractivity contribution in [1.82, 2.24) is 0 Å². The van der Waals surface area contributed by atoms with Gasteiger partial charge < -0.3 is 0 Å². The van der Waals surface area contributed by atoms with Crippen LogP contribution in [0.4, 0.5) is 0 Å². The molecular weight excluding hydrogens is 211 g/mol. The van der Waals surface area contributed by atoms with E-state index >= 15 is 0 Å². The fourth-order valence-electron chi connectivity index (χ4n) is 1.26. The molecule has 1 heterocycles. The minimum absolute atomic E-state index is 0.561. The summed E-state index contributed by atoms with van der Waals surface area (Å²) in [5.41, 5.74) is 2.82. The van der Waals surface area contributed by atoms with E-state index in [1.165, 1.54) is 15.6 Å². The van der Waals surface area contributed by atoms with Gasteiger partial charge in [0.1, 0.15) is 0 Å². The van der Waals surface area contributed by atoms with E-state index in [0.717, 1.165) is 0 Å². The van der Waals surface area contributed by atoms with Crippen molar-refractivity contribution in [1.29, 1.82) is 0 Å². The SMILES string of the molecule is Cc1cc[se]c1-c1ccccc1. The van der Waals surface area contributed by atoms with Gasteiger partial charge in [-0.15, -0.1) is 0 Å². The third kappa shape index (κ3) is 1.38. The van der Waals surface area contributed by atoms with Crippen LogP contribution < -0.4 is 0 Å². The maximum atomic E-state index is 2.28. The zero-order chi connectivity index (χ0) is 8.39. The molecule has 0 bridgehead atoms. The molecule has 0 atom stereocenters. The monoisotopic (exact) mass is 222 g/mol. The second kappa shape index (κ2) is 3.30. The van der Waals surface area contributed by atoms with Crippen molar-refractivity contribution in [2.45, 2.75) is 6.92 Å². The van der Waals surface area contributed by atoms with Crippen LogP contribution in [0, 0.1) is 6.92 Å². The third-order valence-corrected chi connectivity index (χ3v) is 4.13. The van der Waals surface area contributed by atoms with Crippen LogP contribution in [0.15, 0.2) is 41.3 Å². The van der Waals surface area contributed by atoms with Gasteiger partial charge in [0.15, 0.2) is 0 Å². The van der Waals surface area contributed by atoms with Crippen LogP contribution in [0.2, 0.25) is 0 Å². The fraction of sp³-hybridized carbons (Fsp3) is 0.0909. The Morgan fingerprint density at radius 2 is 1.75 bits per heavy atom. The summed E-state index contributed by atoms with van der Waals surface area (Å²) in [6.07, 6.45) is 0. The van der Waals surface area contributed by atoms with E-state index in [9.17, 15) is 0 Å². The zero-order valence-corrected chi connectivity index (χ0v) is 8.66. The van der Waals surface area contributed by atoms with Gasteiger partial charge >= 0.3 is 78.3 Å². The summed E-state index contributed by atoms with van der Waals surface area (Å²) in [6, 6.07) is 12.9. The maximum absolute atomic E-state index is 2.28. The molecular formula is C11H10Se. The molecule has 0 saturated heterocycles. The molecule has 60 valence electrons. The van der Waals surface area contributed by atoms with Crippen molar-refractivity contribution >= 4 is 14.5 Å². The van der Waals surface area contributed by atoms with Crippen LogP contribution in [0.5, 0.6) is 0 Å². The van der Waals surface area contributed by atoms with Crippen LogP contribution >= 0.6 is 0 Å². The summed E-state index contributed by atoms with van der Waals surface area (Å²) in [5.74, 6) is 0. The van der Waals surface area contributed by atoms with Crippen molar-refractivity contribution in [2.24, 2.45) is 0 Å². The van der Waals surface area contributed by atoms with E-state index in [1.54, 1.807) is 0 Å². The molecule has 1 aromatic carbocycles. The second-order valence-corrected chi connectivity index (χ2v) is 4.72. The molecule has 0 aliphatic rings. The molecule has 2 rings (SSSR count). The van der Waals surface area contributed by atoms with E-state index in [1.807, 2.05) is 0 Å². The van der Waals surface area contributed by atoms with Gasteiger partial charge in [0.2, 0.25) is 0 Å². The van der Waals surface area contributed by atoms with Crippen molar-refractivity contribution in [3.8, 4) is 10.0 Å². The van der Waals surface area contributed by atoms with Gasteiger partial charge in [0.05, 0.1) is 0 Å². The predicted octanol–water partition coefficient (Wildman–Crippen LogP) is 2.72. The minimum atomic E-state index is 0.561. The molecule has 0 nitrogen and oxygen atoms in total. The van der Waals surface area contributed by atoms with Gasteiger partial charge in [-0.1, -0.05) is 0 Å². The Morgan fingerprint density at radius 3 is 2.33 bits per heavy atom. The Labute approximate surface area is 78.6 Å². The molecule has 0 unspecified atom stereocenters. The second-order valence-electron chi connectivity index (χ2n) is 2.80. The van der Waals surface area contributed by atoms with E-state index < -0.39 is 0 Å². The van der Waals surface area contributed by atoms with Crippen LogP contribution in [0.1, 0.15) is 5.56 Å². The predicted molar refractivity (Wildman–Crippen MR) is 53.6 cm³/mol. The first-order valence-corrected chi connectivity index (χ1v) is 5.82. The van der Waals surface area contributed by atoms with Crippen LogP contribution in [-0.2, 0) is 0 Å². The number of hydrogen-bond donors (Lipinski definition) is 0. The van der Waals surface area contributed by atoms with Crippen LogP contribution in [0.25, 0.3) is 10.0 Å². The molecule has 0 N–H and O–H groups in total. The summed E-state index contributed by atoms with van der Waals surface area (Å²) in [5, 5.41) is 0. The average molecular weight is 221 g/mol. The molecule has 0 aliphatic carbocycles. The van der Waals surface area contributed by atoms with Crippen LogP contribution in [0.3, 0.4) is 0 Å². The zero-order valence-electron chi connectivity index (χ0n) is 6.95. The van der Waals surface area contributed by atoms with Gasteiger partial charge in [0.25, 0.3) is 0 Å². The normalized spacial score (nSPS) is 10.1. The molecule has 1 aromatic heterocycles. The molecule has 0 radical (unpaired) electrons. The first-order chi connectivity index (χ1) is 5.88. The molecule has 2 aromatic rings. The first-order valence-electron chi connectivity index (χ1n) is 3.97. The third-order valence-electron chi connectivity index (χ3n) is 1.90. The van der Waals surface area contributed by atoms with E-state index in [-0.39, 0.29) is 0 Å². The summed E-state index contributed by atoms with van der Waals surface area (Å²) in [4.78, 5) is 2.28. The van der Waals surface area contributed by atoms with Crippen molar-refractivity contribution < 1.29 is 0 Å². The van der Waals surface area contributed by atoms with Gasteiger partial charge in [-0.2, -0.15) is 0 Å². The standard InChI is InChI=1S/C11H10Se/c1-9-7-8-12-11(9)10-5-3-2-4-6-10/h2-8H,1H3. The summed E-state index contributed by atoms with van der Waals surface area (Å²) in [7, 11) is 0. The number of rotatable bonds is 1. The Kier molecular flexibility index (Phi) is 2.16. The Morgan fingerprint density at radius 1 is 1.00 bits per heavy atom. The molecule has 0 saturated carbocycles. The van der Waals surface area contributed by atoms with Crippen molar-refractivity contribution in [3.05, 3.63) is 46.9 Å². The Hall–Kier alpha value is -0.781. The number of aryl methyl sites for hydroxylation is 1. The molecule has 0 fully saturated rings. The quantitative estimate of drug-likeness (QED) is 0.649. The number of hydrogen-bond acceptors (Lipinski definition) is 0. The topological polar surface area (TPSA) is 0 Å². The van der Waals surface area contributed by atoms with Gasteiger partial charge in [-0.3, -0.25) is 0 Å². The summed E-state index contributed by atoms with van der Waals surface area (Å²) >= 11 is 0.561. The Balaban J connectivity index is 2.51.